The number of rotatable bonds is 8. The average molecular weight is 344 g/mol. The number of hydrogen-bond donors (Lipinski definition) is 9. The van der Waals surface area contributed by atoms with Gasteiger partial charge in [-0.3, -0.25) is 0 Å². The Morgan fingerprint density at radius 1 is 0.826 bits per heavy atom. The molecule has 0 radical (unpaired) electrons. The molecule has 9 atom stereocenters. The van der Waals surface area contributed by atoms with Gasteiger partial charge < -0.3 is 55.4 Å². The Bertz CT molecular complexity index is 341. The number of aliphatic hydroxyl groups excluding tert-OH is 9. The van der Waals surface area contributed by atoms with Gasteiger partial charge in [-0.25, -0.2) is 0 Å². The molecule has 0 aromatic heterocycles. The first-order valence-electron chi connectivity index (χ1n) is 7.00. The lowest BCUT2D eigenvalue weighted by molar-refractivity contribution is -0.327. The van der Waals surface area contributed by atoms with Gasteiger partial charge in [0.25, 0.3) is 0 Å². The minimum Gasteiger partial charge on any atom is -0.394 e. The van der Waals surface area contributed by atoms with Crippen molar-refractivity contribution in [2.45, 2.75) is 55.1 Å². The monoisotopic (exact) mass is 344 g/mol. The molecule has 1 heterocycles. The first-order valence-corrected chi connectivity index (χ1v) is 7.00. The second-order valence-electron chi connectivity index (χ2n) is 5.29. The summed E-state index contributed by atoms with van der Waals surface area (Å²) in [6, 6.07) is 0. The second-order valence-corrected chi connectivity index (χ2v) is 5.29. The Hall–Kier alpha value is -0.440. The maximum absolute atomic E-state index is 9.83. The summed E-state index contributed by atoms with van der Waals surface area (Å²) in [7, 11) is 0. The normalized spacial score (nSPS) is 37.2. The highest BCUT2D eigenvalue weighted by Crippen LogP contribution is 2.24. The minimum absolute atomic E-state index is 0.708. The van der Waals surface area contributed by atoms with E-state index in [2.05, 4.69) is 0 Å². The predicted octanol–water partition coefficient (Wildman–Crippen LogP) is -5.76. The van der Waals surface area contributed by atoms with Crippen LogP contribution in [-0.2, 0) is 9.47 Å². The Labute approximate surface area is 131 Å². The van der Waals surface area contributed by atoms with Crippen LogP contribution in [0.15, 0.2) is 0 Å². The van der Waals surface area contributed by atoms with E-state index in [0.717, 1.165) is 0 Å². The molecule has 1 saturated heterocycles. The molecule has 1 rings (SSSR count). The summed E-state index contributed by atoms with van der Waals surface area (Å²) in [5.74, 6) is 0. The molecule has 23 heavy (non-hydrogen) atoms. The van der Waals surface area contributed by atoms with Gasteiger partial charge in [-0.15, -0.1) is 0 Å². The smallest absolute Gasteiger partial charge is 0.187 e. The van der Waals surface area contributed by atoms with Gasteiger partial charge in [-0.05, 0) is 0 Å². The van der Waals surface area contributed by atoms with Crippen molar-refractivity contribution in [3.8, 4) is 0 Å². The fourth-order valence-electron chi connectivity index (χ4n) is 2.16. The standard InChI is InChI=1S/C12H24O11/c13-1-4(16)7(18)11(5(17)2-14)23-12-10(21)9(20)8(19)6(3-15)22-12/h4-21H,1-3H2/t4-,5?,6-,7-,8-,9+,10-,11-,12+/m1/s1. The van der Waals surface area contributed by atoms with Crippen molar-refractivity contribution in [3.63, 3.8) is 0 Å². The number of ether oxygens (including phenoxy) is 2. The van der Waals surface area contributed by atoms with Crippen LogP contribution in [0.5, 0.6) is 0 Å². The van der Waals surface area contributed by atoms with Crippen LogP contribution in [-0.4, -0.2) is 121 Å². The van der Waals surface area contributed by atoms with Gasteiger partial charge in [0, 0.05) is 0 Å². The maximum Gasteiger partial charge on any atom is 0.187 e. The summed E-state index contributed by atoms with van der Waals surface area (Å²) in [5.41, 5.74) is 0. The van der Waals surface area contributed by atoms with E-state index in [1.807, 2.05) is 0 Å². The Morgan fingerprint density at radius 3 is 1.87 bits per heavy atom. The quantitative estimate of drug-likeness (QED) is 0.203. The van der Waals surface area contributed by atoms with Crippen molar-refractivity contribution in [3.05, 3.63) is 0 Å². The third kappa shape index (κ3) is 4.78. The van der Waals surface area contributed by atoms with E-state index in [1.54, 1.807) is 0 Å². The van der Waals surface area contributed by atoms with Crippen molar-refractivity contribution in [2.24, 2.45) is 0 Å². The van der Waals surface area contributed by atoms with Crippen LogP contribution in [0.25, 0.3) is 0 Å². The molecule has 11 nitrogen and oxygen atoms in total. The summed E-state index contributed by atoms with van der Waals surface area (Å²) >= 11 is 0. The van der Waals surface area contributed by atoms with Gasteiger partial charge in [0.1, 0.15) is 48.8 Å². The van der Waals surface area contributed by atoms with E-state index in [1.165, 1.54) is 0 Å². The summed E-state index contributed by atoms with van der Waals surface area (Å²) < 4.78 is 10.1. The summed E-state index contributed by atoms with van der Waals surface area (Å²) in [5, 5.41) is 84.9. The molecule has 0 saturated carbocycles. The van der Waals surface area contributed by atoms with Crippen LogP contribution in [0.2, 0.25) is 0 Å². The molecule has 1 aliphatic rings. The molecule has 138 valence electrons. The molecular weight excluding hydrogens is 320 g/mol. The second kappa shape index (κ2) is 9.15. The van der Waals surface area contributed by atoms with Gasteiger partial charge in [0.05, 0.1) is 19.8 Å². The Balaban J connectivity index is 2.89. The molecule has 0 aromatic rings. The highest BCUT2D eigenvalue weighted by atomic mass is 16.7. The van der Waals surface area contributed by atoms with E-state index in [4.69, 9.17) is 24.8 Å². The van der Waals surface area contributed by atoms with Crippen molar-refractivity contribution in [1.82, 2.24) is 0 Å². The fourth-order valence-corrected chi connectivity index (χ4v) is 2.16. The van der Waals surface area contributed by atoms with E-state index >= 15 is 0 Å². The van der Waals surface area contributed by atoms with Crippen molar-refractivity contribution < 1.29 is 55.4 Å². The topological polar surface area (TPSA) is 201 Å². The van der Waals surface area contributed by atoms with E-state index in [-0.39, 0.29) is 0 Å². The molecule has 0 bridgehead atoms. The molecule has 11 heteroatoms. The van der Waals surface area contributed by atoms with Gasteiger partial charge in [0.15, 0.2) is 6.29 Å². The van der Waals surface area contributed by atoms with Crippen LogP contribution in [0.3, 0.4) is 0 Å². The first kappa shape index (κ1) is 20.6. The van der Waals surface area contributed by atoms with Gasteiger partial charge in [0.2, 0.25) is 0 Å². The zero-order chi connectivity index (χ0) is 17.7. The molecule has 1 unspecified atom stereocenters. The lowest BCUT2D eigenvalue weighted by Crippen LogP contribution is -2.61. The van der Waals surface area contributed by atoms with E-state index in [0.29, 0.717) is 0 Å². The lowest BCUT2D eigenvalue weighted by Gasteiger charge is -2.42. The first-order chi connectivity index (χ1) is 10.8. The van der Waals surface area contributed by atoms with Crippen LogP contribution >= 0.6 is 0 Å². The van der Waals surface area contributed by atoms with Crippen LogP contribution < -0.4 is 0 Å². The molecule has 0 aliphatic carbocycles. The van der Waals surface area contributed by atoms with Crippen LogP contribution in [0, 0.1) is 0 Å². The molecule has 1 aliphatic heterocycles. The largest absolute Gasteiger partial charge is 0.394 e. The SMILES string of the molecule is OCC(O)[C@@H](O[C@@H]1O[C@H](CO)[C@@H](O)[C@H](O)[C@H]1O)[C@H](O)[C@H](O)CO. The summed E-state index contributed by atoms with van der Waals surface area (Å²) in [6.07, 6.45) is -15.1. The van der Waals surface area contributed by atoms with E-state index < -0.39 is 74.9 Å². The Kier molecular flexibility index (Phi) is 8.20. The Morgan fingerprint density at radius 2 is 1.39 bits per heavy atom. The number of hydrogen-bond acceptors (Lipinski definition) is 11. The predicted molar refractivity (Wildman–Crippen MR) is 70.8 cm³/mol. The van der Waals surface area contributed by atoms with E-state index in [9.17, 15) is 30.6 Å². The molecule has 0 aromatic carbocycles. The molecule has 1 fully saturated rings. The van der Waals surface area contributed by atoms with Crippen molar-refractivity contribution in [2.75, 3.05) is 19.8 Å². The van der Waals surface area contributed by atoms with Crippen LogP contribution in [0.4, 0.5) is 0 Å². The number of aliphatic hydroxyl groups is 9. The highest BCUT2D eigenvalue weighted by molar-refractivity contribution is 4.91. The maximum atomic E-state index is 9.83. The van der Waals surface area contributed by atoms with Gasteiger partial charge in [-0.2, -0.15) is 0 Å². The van der Waals surface area contributed by atoms with Gasteiger partial charge >= 0.3 is 0 Å². The fraction of sp³-hybridized carbons (Fsp3) is 1.00. The molecular formula is C12H24O11. The van der Waals surface area contributed by atoms with Gasteiger partial charge in [-0.1, -0.05) is 0 Å². The summed E-state index contributed by atoms with van der Waals surface area (Å²) in [4.78, 5) is 0. The average Bonchev–Trinajstić information content (AvgIpc) is 2.57. The van der Waals surface area contributed by atoms with Crippen molar-refractivity contribution in [1.29, 1.82) is 0 Å². The van der Waals surface area contributed by atoms with Crippen LogP contribution in [0.1, 0.15) is 0 Å². The summed E-state index contributed by atoms with van der Waals surface area (Å²) in [6.45, 7) is -2.45. The molecule has 0 spiro atoms. The molecule has 9 N–H and O–H groups in total. The highest BCUT2D eigenvalue weighted by Gasteiger charge is 2.46. The zero-order valence-corrected chi connectivity index (χ0v) is 12.2. The third-order valence-corrected chi connectivity index (χ3v) is 3.62. The third-order valence-electron chi connectivity index (χ3n) is 3.62. The zero-order valence-electron chi connectivity index (χ0n) is 12.2. The molecule has 0 amide bonds. The lowest BCUT2D eigenvalue weighted by atomic mass is 9.98. The minimum atomic E-state index is -1.85. The van der Waals surface area contributed by atoms with Crippen molar-refractivity contribution >= 4 is 0 Å².